The Morgan fingerprint density at radius 3 is 2.82 bits per heavy atom. The van der Waals surface area contributed by atoms with E-state index in [4.69, 9.17) is 10.5 Å². The maximum Gasteiger partial charge on any atom is 0.213 e. The van der Waals surface area contributed by atoms with Crippen molar-refractivity contribution in [1.29, 1.82) is 0 Å². The summed E-state index contributed by atoms with van der Waals surface area (Å²) in [6, 6.07) is 10.0. The number of hydrogen-bond acceptors (Lipinski definition) is 5. The minimum absolute atomic E-state index is 0.303. The van der Waals surface area contributed by atoms with Gasteiger partial charge in [-0.25, -0.2) is 4.98 Å². The molecular formula is C17H23N3O2. The Morgan fingerprint density at radius 1 is 1.32 bits per heavy atom. The van der Waals surface area contributed by atoms with Gasteiger partial charge in [0.15, 0.2) is 0 Å². The second-order valence-electron chi connectivity index (χ2n) is 5.93. The number of hydrogen-bond donors (Lipinski definition) is 2. The fourth-order valence-electron chi connectivity index (χ4n) is 3.01. The lowest BCUT2D eigenvalue weighted by Gasteiger charge is -2.31. The van der Waals surface area contributed by atoms with E-state index in [9.17, 15) is 5.11 Å². The molecule has 5 nitrogen and oxygen atoms in total. The molecule has 0 saturated carbocycles. The van der Waals surface area contributed by atoms with Crippen LogP contribution in [0.3, 0.4) is 0 Å². The van der Waals surface area contributed by atoms with Crippen LogP contribution in [0, 0.1) is 0 Å². The fraction of sp³-hybridized carbons (Fsp3) is 0.471. The highest BCUT2D eigenvalue weighted by molar-refractivity contribution is 5.82. The molecule has 1 unspecified atom stereocenters. The summed E-state index contributed by atoms with van der Waals surface area (Å²) in [5.74, 6) is 0.566. The molecule has 2 heterocycles. The van der Waals surface area contributed by atoms with E-state index < -0.39 is 6.10 Å². The van der Waals surface area contributed by atoms with Gasteiger partial charge >= 0.3 is 0 Å². The van der Waals surface area contributed by atoms with Crippen LogP contribution in [-0.2, 0) is 0 Å². The molecule has 1 aliphatic rings. The van der Waals surface area contributed by atoms with Crippen molar-refractivity contribution in [2.45, 2.75) is 25.0 Å². The molecule has 1 aromatic carbocycles. The first kappa shape index (κ1) is 15.2. The van der Waals surface area contributed by atoms with Gasteiger partial charge in [-0.2, -0.15) is 0 Å². The molecule has 118 valence electrons. The lowest BCUT2D eigenvalue weighted by atomic mass is 10.0. The third kappa shape index (κ3) is 3.21. The highest BCUT2D eigenvalue weighted by atomic mass is 16.5. The molecule has 2 aromatic rings. The number of benzene rings is 1. The van der Waals surface area contributed by atoms with Gasteiger partial charge in [0.2, 0.25) is 5.88 Å². The zero-order chi connectivity index (χ0) is 15.5. The predicted molar refractivity (Wildman–Crippen MR) is 86.9 cm³/mol. The fourth-order valence-corrected chi connectivity index (χ4v) is 3.01. The van der Waals surface area contributed by atoms with Crippen molar-refractivity contribution in [2.24, 2.45) is 5.73 Å². The Kier molecular flexibility index (Phi) is 4.57. The summed E-state index contributed by atoms with van der Waals surface area (Å²) >= 11 is 0. The van der Waals surface area contributed by atoms with Gasteiger partial charge in [0.1, 0.15) is 0 Å². The van der Waals surface area contributed by atoms with Crippen LogP contribution in [0.2, 0.25) is 0 Å². The smallest absolute Gasteiger partial charge is 0.213 e. The van der Waals surface area contributed by atoms with Crippen molar-refractivity contribution in [1.82, 2.24) is 9.88 Å². The normalized spacial score (nSPS) is 18.5. The quantitative estimate of drug-likeness (QED) is 0.899. The summed E-state index contributed by atoms with van der Waals surface area (Å²) in [5, 5.41) is 11.7. The molecule has 1 saturated heterocycles. The summed E-state index contributed by atoms with van der Waals surface area (Å²) in [7, 11) is 1.60. The standard InChI is InChI=1S/C17H23N3O2/c1-22-16-6-5-12-3-2-4-14(17(12)19-16)15(21)11-20-9-7-13(18)8-10-20/h2-6,13,15,21H,7-11,18H2,1H3. The number of rotatable bonds is 4. The number of aliphatic hydroxyl groups is 1. The van der Waals surface area contributed by atoms with Crippen molar-refractivity contribution in [2.75, 3.05) is 26.7 Å². The minimum Gasteiger partial charge on any atom is -0.481 e. The van der Waals surface area contributed by atoms with E-state index >= 15 is 0 Å². The molecule has 5 heteroatoms. The number of β-amino-alcohol motifs (C(OH)–C–C–N with tert-alkyl or cyclic N) is 1. The Hall–Kier alpha value is -1.69. The van der Waals surface area contributed by atoms with Gasteiger partial charge in [-0.3, -0.25) is 0 Å². The maximum absolute atomic E-state index is 10.6. The Labute approximate surface area is 130 Å². The van der Waals surface area contributed by atoms with E-state index in [0.717, 1.165) is 42.4 Å². The summed E-state index contributed by atoms with van der Waals surface area (Å²) in [4.78, 5) is 6.77. The molecule has 0 spiro atoms. The average molecular weight is 301 g/mol. The molecule has 1 aromatic heterocycles. The largest absolute Gasteiger partial charge is 0.481 e. The topological polar surface area (TPSA) is 71.6 Å². The number of likely N-dealkylation sites (tertiary alicyclic amines) is 1. The number of fused-ring (bicyclic) bond motifs is 1. The molecule has 1 aliphatic heterocycles. The Morgan fingerprint density at radius 2 is 2.09 bits per heavy atom. The van der Waals surface area contributed by atoms with Crippen LogP contribution in [0.15, 0.2) is 30.3 Å². The molecule has 3 N–H and O–H groups in total. The van der Waals surface area contributed by atoms with Gasteiger partial charge in [0, 0.05) is 29.6 Å². The number of nitrogens with zero attached hydrogens (tertiary/aromatic N) is 2. The molecular weight excluding hydrogens is 278 g/mol. The Bertz CT molecular complexity index is 639. The van der Waals surface area contributed by atoms with Gasteiger partial charge in [-0.05, 0) is 32.0 Å². The van der Waals surface area contributed by atoms with E-state index in [1.54, 1.807) is 7.11 Å². The van der Waals surface area contributed by atoms with E-state index in [2.05, 4.69) is 9.88 Å². The van der Waals surface area contributed by atoms with E-state index in [0.29, 0.717) is 18.5 Å². The highest BCUT2D eigenvalue weighted by Crippen LogP contribution is 2.26. The third-order valence-corrected chi connectivity index (χ3v) is 4.36. The van der Waals surface area contributed by atoms with Gasteiger partial charge in [-0.15, -0.1) is 0 Å². The van der Waals surface area contributed by atoms with Crippen LogP contribution in [0.5, 0.6) is 5.88 Å². The first-order valence-corrected chi connectivity index (χ1v) is 7.77. The second-order valence-corrected chi connectivity index (χ2v) is 5.93. The first-order chi connectivity index (χ1) is 10.7. The molecule has 0 bridgehead atoms. The predicted octanol–water partition coefficient (Wildman–Crippen LogP) is 1.70. The van der Waals surface area contributed by atoms with Crippen LogP contribution in [-0.4, -0.2) is 47.8 Å². The summed E-state index contributed by atoms with van der Waals surface area (Å²) in [5.41, 5.74) is 7.59. The number of aliphatic hydroxyl groups excluding tert-OH is 1. The van der Waals surface area contributed by atoms with Crippen LogP contribution in [0.1, 0.15) is 24.5 Å². The van der Waals surface area contributed by atoms with Crippen LogP contribution < -0.4 is 10.5 Å². The van der Waals surface area contributed by atoms with Crippen molar-refractivity contribution >= 4 is 10.9 Å². The van der Waals surface area contributed by atoms with Gasteiger partial charge < -0.3 is 20.5 Å². The van der Waals surface area contributed by atoms with E-state index in [-0.39, 0.29) is 0 Å². The number of para-hydroxylation sites is 1. The first-order valence-electron chi connectivity index (χ1n) is 7.77. The minimum atomic E-state index is -0.558. The number of piperidine rings is 1. The molecule has 0 amide bonds. The molecule has 3 rings (SSSR count). The van der Waals surface area contributed by atoms with Gasteiger partial charge in [0.05, 0.1) is 18.7 Å². The molecule has 1 atom stereocenters. The summed E-state index contributed by atoms with van der Waals surface area (Å²) < 4.78 is 5.20. The SMILES string of the molecule is COc1ccc2cccc(C(O)CN3CCC(N)CC3)c2n1. The van der Waals surface area contributed by atoms with Gasteiger partial charge in [-0.1, -0.05) is 18.2 Å². The summed E-state index contributed by atoms with van der Waals surface area (Å²) in [6.07, 6.45) is 1.43. The summed E-state index contributed by atoms with van der Waals surface area (Å²) in [6.45, 7) is 2.50. The van der Waals surface area contributed by atoms with Crippen LogP contribution >= 0.6 is 0 Å². The van der Waals surface area contributed by atoms with E-state index in [1.165, 1.54) is 0 Å². The lowest BCUT2D eigenvalue weighted by Crippen LogP contribution is -2.41. The van der Waals surface area contributed by atoms with Crippen molar-refractivity contribution in [3.05, 3.63) is 35.9 Å². The van der Waals surface area contributed by atoms with Crippen LogP contribution in [0.4, 0.5) is 0 Å². The van der Waals surface area contributed by atoms with Crippen molar-refractivity contribution in [3.8, 4) is 5.88 Å². The lowest BCUT2D eigenvalue weighted by molar-refractivity contribution is 0.0985. The highest BCUT2D eigenvalue weighted by Gasteiger charge is 2.20. The molecule has 0 radical (unpaired) electrons. The third-order valence-electron chi connectivity index (χ3n) is 4.36. The van der Waals surface area contributed by atoms with Crippen molar-refractivity contribution in [3.63, 3.8) is 0 Å². The van der Waals surface area contributed by atoms with Gasteiger partial charge in [0.25, 0.3) is 0 Å². The molecule has 0 aliphatic carbocycles. The van der Waals surface area contributed by atoms with Crippen molar-refractivity contribution < 1.29 is 9.84 Å². The zero-order valence-corrected chi connectivity index (χ0v) is 12.9. The number of aromatic nitrogens is 1. The molecule has 1 fully saturated rings. The number of pyridine rings is 1. The molecule has 22 heavy (non-hydrogen) atoms. The number of ether oxygens (including phenoxy) is 1. The monoisotopic (exact) mass is 301 g/mol. The van der Waals surface area contributed by atoms with E-state index in [1.807, 2.05) is 30.3 Å². The second kappa shape index (κ2) is 6.60. The number of nitrogens with two attached hydrogens (primary N) is 1. The van der Waals surface area contributed by atoms with Crippen LogP contribution in [0.25, 0.3) is 10.9 Å². The average Bonchev–Trinajstić information content (AvgIpc) is 2.55. The maximum atomic E-state index is 10.6. The number of methoxy groups -OCH3 is 1. The Balaban J connectivity index is 1.82. The zero-order valence-electron chi connectivity index (χ0n) is 12.9.